The van der Waals surface area contributed by atoms with Gasteiger partial charge in [-0.05, 0) is 101 Å². The average molecular weight is 744 g/mol. The van der Waals surface area contributed by atoms with Crippen molar-refractivity contribution in [2.24, 2.45) is 0 Å². The van der Waals surface area contributed by atoms with E-state index in [2.05, 4.69) is 187 Å². The van der Waals surface area contributed by atoms with Gasteiger partial charge in [-0.3, -0.25) is 0 Å². The Labute approximate surface area is 333 Å². The third-order valence-corrected chi connectivity index (χ3v) is 11.5. The van der Waals surface area contributed by atoms with Crippen molar-refractivity contribution >= 4 is 82.9 Å². The van der Waals surface area contributed by atoms with Crippen molar-refractivity contribution in [2.45, 2.75) is 0 Å². The maximum atomic E-state index is 6.88. The Balaban J connectivity index is 1.00. The number of rotatable bonds is 6. The van der Waals surface area contributed by atoms with E-state index in [1.807, 2.05) is 18.2 Å². The summed E-state index contributed by atoms with van der Waals surface area (Å²) in [6.45, 7) is 0. The highest BCUT2D eigenvalue weighted by Gasteiger charge is 2.21. The molecular weight excluding hydrogens is 711 g/mol. The first-order valence-corrected chi connectivity index (χ1v) is 19.6. The smallest absolute Gasteiger partial charge is 0.143 e. The van der Waals surface area contributed by atoms with Crippen LogP contribution in [0.15, 0.2) is 213 Å². The molecule has 0 aliphatic carbocycles. The molecule has 3 aromatic heterocycles. The van der Waals surface area contributed by atoms with Crippen LogP contribution >= 0.6 is 0 Å². The number of fused-ring (bicyclic) bond motifs is 9. The van der Waals surface area contributed by atoms with Crippen LogP contribution in [0.3, 0.4) is 0 Å². The lowest BCUT2D eigenvalue weighted by molar-refractivity contribution is 0.668. The largest absolute Gasteiger partial charge is 0.456 e. The minimum absolute atomic E-state index is 0.832. The second-order valence-electron chi connectivity index (χ2n) is 14.8. The van der Waals surface area contributed by atoms with Crippen LogP contribution in [0.4, 0.5) is 17.1 Å². The van der Waals surface area contributed by atoms with Crippen LogP contribution in [0.1, 0.15) is 0 Å². The lowest BCUT2D eigenvalue weighted by atomic mass is 9.96. The first kappa shape index (κ1) is 32.4. The summed E-state index contributed by atoms with van der Waals surface area (Å²) in [5.41, 5.74) is 15.0. The highest BCUT2D eigenvalue weighted by atomic mass is 16.3. The minimum atomic E-state index is 0.832. The fourth-order valence-electron chi connectivity index (χ4n) is 8.83. The van der Waals surface area contributed by atoms with Crippen molar-refractivity contribution in [3.63, 3.8) is 0 Å². The molecule has 12 aromatic rings. The molecule has 0 amide bonds. The van der Waals surface area contributed by atoms with Crippen molar-refractivity contribution < 1.29 is 13.3 Å². The van der Waals surface area contributed by atoms with E-state index in [1.54, 1.807) is 0 Å². The SMILES string of the molecule is c1ccc(-c2ccc(N(c3ccccc3)c3ccc4oc5cccc(-c6cccc7c6oc6cc(-c8cccc9oc%10ccccc%10c89)ccc67)c5c4c3)cc2)cc1. The molecule has 0 spiro atoms. The van der Waals surface area contributed by atoms with E-state index in [0.29, 0.717) is 0 Å². The van der Waals surface area contributed by atoms with Crippen LogP contribution in [-0.4, -0.2) is 0 Å². The molecule has 4 heteroatoms. The van der Waals surface area contributed by atoms with Crippen molar-refractivity contribution in [3.05, 3.63) is 200 Å². The van der Waals surface area contributed by atoms with Gasteiger partial charge in [0, 0.05) is 54.9 Å². The highest BCUT2D eigenvalue weighted by Crippen LogP contribution is 2.45. The average Bonchev–Trinajstić information content (AvgIpc) is 3.98. The van der Waals surface area contributed by atoms with Gasteiger partial charge < -0.3 is 18.2 Å². The Bertz CT molecular complexity index is 3500. The summed E-state index contributed by atoms with van der Waals surface area (Å²) >= 11 is 0. The molecule has 0 aliphatic rings. The van der Waals surface area contributed by atoms with E-state index < -0.39 is 0 Å². The van der Waals surface area contributed by atoms with Gasteiger partial charge in [-0.1, -0.05) is 127 Å². The summed E-state index contributed by atoms with van der Waals surface area (Å²) in [6.07, 6.45) is 0. The van der Waals surface area contributed by atoms with E-state index >= 15 is 0 Å². The Hall–Kier alpha value is -7.82. The second kappa shape index (κ2) is 12.9. The van der Waals surface area contributed by atoms with Gasteiger partial charge in [0.15, 0.2) is 0 Å². The number of furan rings is 3. The molecule has 0 unspecified atom stereocenters. The topological polar surface area (TPSA) is 42.7 Å². The number of anilines is 3. The molecule has 272 valence electrons. The van der Waals surface area contributed by atoms with E-state index in [4.69, 9.17) is 13.3 Å². The highest BCUT2D eigenvalue weighted by molar-refractivity contribution is 6.18. The monoisotopic (exact) mass is 743 g/mol. The molecule has 0 saturated heterocycles. The van der Waals surface area contributed by atoms with Crippen LogP contribution in [0.5, 0.6) is 0 Å². The van der Waals surface area contributed by atoms with Crippen molar-refractivity contribution in [1.29, 1.82) is 0 Å². The summed E-state index contributed by atoms with van der Waals surface area (Å²) < 4.78 is 19.7. The fraction of sp³-hybridized carbons (Fsp3) is 0. The predicted octanol–water partition coefficient (Wildman–Crippen LogP) is 15.9. The van der Waals surface area contributed by atoms with Crippen LogP contribution in [0.25, 0.3) is 99.2 Å². The van der Waals surface area contributed by atoms with Gasteiger partial charge in [0.2, 0.25) is 0 Å². The number of nitrogens with zero attached hydrogens (tertiary/aromatic N) is 1. The number of hydrogen-bond acceptors (Lipinski definition) is 4. The van der Waals surface area contributed by atoms with Crippen LogP contribution in [0, 0.1) is 0 Å². The molecule has 9 aromatic carbocycles. The normalized spacial score (nSPS) is 11.8. The summed E-state index contributed by atoms with van der Waals surface area (Å²) in [7, 11) is 0. The van der Waals surface area contributed by atoms with Gasteiger partial charge in [0.25, 0.3) is 0 Å². The van der Waals surface area contributed by atoms with Crippen molar-refractivity contribution in [1.82, 2.24) is 0 Å². The minimum Gasteiger partial charge on any atom is -0.456 e. The van der Waals surface area contributed by atoms with Crippen molar-refractivity contribution in [2.75, 3.05) is 4.90 Å². The first-order chi connectivity index (χ1) is 28.7. The summed E-state index contributed by atoms with van der Waals surface area (Å²) in [5, 5.41) is 6.47. The van der Waals surface area contributed by atoms with E-state index in [9.17, 15) is 0 Å². The van der Waals surface area contributed by atoms with E-state index in [0.717, 1.165) is 105 Å². The number of para-hydroxylation sites is 3. The molecule has 3 heterocycles. The van der Waals surface area contributed by atoms with Crippen LogP contribution in [0.2, 0.25) is 0 Å². The standard InChI is InChI=1S/C54H33NO3/c1-3-12-34(13-4-1)35-24-27-38(28-25-35)55(37-14-5-2-6-15-37)39-29-31-48-46(33-39)53-42(18-11-23-50(53)57-48)44-20-9-19-43-41-30-26-36(32-51(41)58-54(43)44)40-17-10-22-49-52(40)45-16-7-8-21-47(45)56-49/h1-33H. The molecule has 0 fully saturated rings. The molecule has 0 saturated carbocycles. The van der Waals surface area contributed by atoms with Gasteiger partial charge >= 0.3 is 0 Å². The Morgan fingerprint density at radius 3 is 1.66 bits per heavy atom. The number of benzene rings is 9. The molecular formula is C54H33NO3. The van der Waals surface area contributed by atoms with Gasteiger partial charge in [0.05, 0.1) is 0 Å². The van der Waals surface area contributed by atoms with Gasteiger partial charge in [-0.25, -0.2) is 0 Å². The maximum absolute atomic E-state index is 6.88. The first-order valence-electron chi connectivity index (χ1n) is 19.6. The molecule has 0 aliphatic heterocycles. The van der Waals surface area contributed by atoms with Crippen LogP contribution < -0.4 is 4.90 Å². The molecule has 0 bridgehead atoms. The van der Waals surface area contributed by atoms with Gasteiger partial charge in [-0.2, -0.15) is 0 Å². The number of hydrogen-bond donors (Lipinski definition) is 0. The quantitative estimate of drug-likeness (QED) is 0.170. The zero-order chi connectivity index (χ0) is 38.2. The van der Waals surface area contributed by atoms with E-state index in [-0.39, 0.29) is 0 Å². The molecule has 4 nitrogen and oxygen atoms in total. The van der Waals surface area contributed by atoms with E-state index in [1.165, 1.54) is 11.1 Å². The second-order valence-corrected chi connectivity index (χ2v) is 14.8. The Morgan fingerprint density at radius 2 is 0.845 bits per heavy atom. The third kappa shape index (κ3) is 5.09. The Morgan fingerprint density at radius 1 is 0.276 bits per heavy atom. The molecule has 0 radical (unpaired) electrons. The predicted molar refractivity (Wildman–Crippen MR) is 239 cm³/mol. The third-order valence-electron chi connectivity index (χ3n) is 11.5. The summed E-state index contributed by atoms with van der Waals surface area (Å²) in [4.78, 5) is 2.31. The van der Waals surface area contributed by atoms with Gasteiger partial charge in [0.1, 0.15) is 33.5 Å². The molecule has 0 N–H and O–H groups in total. The fourth-order valence-corrected chi connectivity index (χ4v) is 8.83. The lowest BCUT2D eigenvalue weighted by Crippen LogP contribution is -2.09. The van der Waals surface area contributed by atoms with Gasteiger partial charge in [-0.15, -0.1) is 0 Å². The summed E-state index contributed by atoms with van der Waals surface area (Å²) in [5.74, 6) is 0. The van der Waals surface area contributed by atoms with Crippen LogP contribution in [-0.2, 0) is 0 Å². The Kier molecular flexibility index (Phi) is 7.20. The molecule has 58 heavy (non-hydrogen) atoms. The molecule has 0 atom stereocenters. The molecule has 12 rings (SSSR count). The lowest BCUT2D eigenvalue weighted by Gasteiger charge is -2.25. The zero-order valence-electron chi connectivity index (χ0n) is 31.2. The summed E-state index contributed by atoms with van der Waals surface area (Å²) in [6, 6.07) is 70.1. The maximum Gasteiger partial charge on any atom is 0.143 e. The zero-order valence-corrected chi connectivity index (χ0v) is 31.2. The van der Waals surface area contributed by atoms with Crippen molar-refractivity contribution in [3.8, 4) is 33.4 Å².